The van der Waals surface area contributed by atoms with Gasteiger partial charge in [-0.1, -0.05) is 11.6 Å². The van der Waals surface area contributed by atoms with Crippen molar-refractivity contribution < 1.29 is 26.3 Å². The van der Waals surface area contributed by atoms with Gasteiger partial charge in [-0.25, -0.2) is 31.3 Å². The number of aromatic amines is 1. The van der Waals surface area contributed by atoms with Crippen LogP contribution in [0.5, 0.6) is 0 Å². The van der Waals surface area contributed by atoms with Crippen molar-refractivity contribution in [3.05, 3.63) is 60.9 Å². The van der Waals surface area contributed by atoms with Gasteiger partial charge in [-0.05, 0) is 0 Å². The highest BCUT2D eigenvalue weighted by Gasteiger charge is 2.29. The topological polar surface area (TPSA) is 54.9 Å². The summed E-state index contributed by atoms with van der Waals surface area (Å²) in [4.78, 5) is 24.3. The number of H-pyrrole nitrogens is 1. The van der Waals surface area contributed by atoms with E-state index in [1.807, 2.05) is 0 Å². The lowest BCUT2D eigenvalue weighted by Crippen LogP contribution is -2.37. The molecule has 0 radical (unpaired) electrons. The maximum Gasteiger partial charge on any atom is 0.334 e. The Morgan fingerprint density at radius 3 is 1.67 bits per heavy atom. The first-order valence-electron chi connectivity index (χ1n) is 4.90. The summed E-state index contributed by atoms with van der Waals surface area (Å²) in [5.74, 6) is -14.1. The van der Waals surface area contributed by atoms with Crippen LogP contribution in [0.3, 0.4) is 0 Å². The summed E-state index contributed by atoms with van der Waals surface area (Å²) in [5.41, 5.74) is -5.57. The number of aromatic nitrogens is 2. The summed E-state index contributed by atoms with van der Waals surface area (Å²) >= 11 is 5.11. The van der Waals surface area contributed by atoms with Crippen molar-refractivity contribution in [2.75, 3.05) is 0 Å². The molecule has 0 aliphatic rings. The average Bonchev–Trinajstić information content (AvgIpc) is 2.44. The van der Waals surface area contributed by atoms with Crippen LogP contribution in [-0.4, -0.2) is 9.55 Å². The van der Waals surface area contributed by atoms with Crippen LogP contribution in [0, 0.1) is 34.9 Å². The summed E-state index contributed by atoms with van der Waals surface area (Å²) in [5, 5.41) is -1.08. The molecule has 2 aromatic rings. The molecule has 0 saturated heterocycles. The molecule has 0 atom stereocenters. The first kappa shape index (κ1) is 15.2. The van der Waals surface area contributed by atoms with Crippen LogP contribution in [-0.2, 0) is 0 Å². The molecular weight excluding hydrogens is 330 g/mol. The summed E-state index contributed by atoms with van der Waals surface area (Å²) in [6, 6.07) is 0. The quantitative estimate of drug-likeness (QED) is 0.376. The molecule has 0 unspecified atom stereocenters. The van der Waals surface area contributed by atoms with Crippen molar-refractivity contribution in [1.82, 2.24) is 9.55 Å². The van der Waals surface area contributed by atoms with E-state index >= 15 is 0 Å². The van der Waals surface area contributed by atoms with E-state index in [2.05, 4.69) is 0 Å². The standard InChI is InChI=1S/C10HClF6N2O2/c11-8-6(17)9(20)19(10(21)18-8)7-4(15)2(13)1(12)3(14)5(7)16/h(H,18,21). The molecule has 0 aliphatic carbocycles. The van der Waals surface area contributed by atoms with E-state index < -0.39 is 61.6 Å². The highest BCUT2D eigenvalue weighted by Crippen LogP contribution is 2.24. The van der Waals surface area contributed by atoms with E-state index in [1.54, 1.807) is 0 Å². The lowest BCUT2D eigenvalue weighted by atomic mass is 10.2. The Kier molecular flexibility index (Phi) is 3.58. The maximum atomic E-state index is 13.5. The molecule has 0 aliphatic heterocycles. The Morgan fingerprint density at radius 1 is 0.762 bits per heavy atom. The first-order valence-corrected chi connectivity index (χ1v) is 5.28. The molecule has 112 valence electrons. The molecule has 1 heterocycles. The summed E-state index contributed by atoms with van der Waals surface area (Å²) in [6.07, 6.45) is 0. The van der Waals surface area contributed by atoms with E-state index in [4.69, 9.17) is 11.6 Å². The van der Waals surface area contributed by atoms with Crippen LogP contribution >= 0.6 is 11.6 Å². The van der Waals surface area contributed by atoms with Gasteiger partial charge in [0.05, 0.1) is 0 Å². The average molecular weight is 331 g/mol. The third-order valence-corrected chi connectivity index (χ3v) is 2.67. The Labute approximate surface area is 115 Å². The molecule has 2 rings (SSSR count). The van der Waals surface area contributed by atoms with Crippen LogP contribution in [0.2, 0.25) is 5.15 Å². The van der Waals surface area contributed by atoms with E-state index in [1.165, 1.54) is 4.98 Å². The zero-order valence-electron chi connectivity index (χ0n) is 9.41. The Morgan fingerprint density at radius 2 is 1.19 bits per heavy atom. The minimum absolute atomic E-state index is 0.586. The number of nitrogens with one attached hydrogen (secondary N) is 1. The lowest BCUT2D eigenvalue weighted by Gasteiger charge is -2.09. The number of hydrogen-bond acceptors (Lipinski definition) is 2. The fraction of sp³-hybridized carbons (Fsp3) is 0. The van der Waals surface area contributed by atoms with Crippen LogP contribution < -0.4 is 11.2 Å². The molecule has 1 aromatic heterocycles. The van der Waals surface area contributed by atoms with Gasteiger partial charge >= 0.3 is 5.69 Å². The molecule has 0 amide bonds. The molecule has 1 N–H and O–H groups in total. The molecule has 1 aromatic carbocycles. The predicted octanol–water partition coefficient (Wildman–Crippen LogP) is 2.01. The highest BCUT2D eigenvalue weighted by molar-refractivity contribution is 6.29. The van der Waals surface area contributed by atoms with Crippen molar-refractivity contribution in [3.8, 4) is 5.69 Å². The first-order chi connectivity index (χ1) is 9.68. The second kappa shape index (κ2) is 4.95. The normalized spacial score (nSPS) is 11.0. The molecule has 0 fully saturated rings. The summed E-state index contributed by atoms with van der Waals surface area (Å²) in [7, 11) is 0. The van der Waals surface area contributed by atoms with Crippen LogP contribution in [0.25, 0.3) is 5.69 Å². The van der Waals surface area contributed by atoms with Gasteiger partial charge in [0, 0.05) is 0 Å². The molecule has 0 bridgehead atoms. The smallest absolute Gasteiger partial charge is 0.295 e. The van der Waals surface area contributed by atoms with Crippen molar-refractivity contribution in [2.45, 2.75) is 0 Å². The number of halogens is 7. The number of hydrogen-bond donors (Lipinski definition) is 1. The van der Waals surface area contributed by atoms with Gasteiger partial charge in [0.15, 0.2) is 28.4 Å². The van der Waals surface area contributed by atoms with Crippen molar-refractivity contribution >= 4 is 11.6 Å². The molecular formula is C10HClF6N2O2. The van der Waals surface area contributed by atoms with Crippen LogP contribution in [0.1, 0.15) is 0 Å². The SMILES string of the molecule is O=c1[nH]c(Cl)c(F)c(=O)n1-c1c(F)c(F)c(F)c(F)c1F. The van der Waals surface area contributed by atoms with Crippen LogP contribution in [0.4, 0.5) is 26.3 Å². The Balaban J connectivity index is 3.04. The molecule has 4 nitrogen and oxygen atoms in total. The van der Waals surface area contributed by atoms with E-state index in [0.717, 1.165) is 0 Å². The van der Waals surface area contributed by atoms with Gasteiger partial charge in [-0.2, -0.15) is 4.39 Å². The van der Waals surface area contributed by atoms with Crippen molar-refractivity contribution in [1.29, 1.82) is 0 Å². The monoisotopic (exact) mass is 330 g/mol. The largest absolute Gasteiger partial charge is 0.334 e. The number of nitrogens with zero attached hydrogens (tertiary/aromatic N) is 1. The van der Waals surface area contributed by atoms with Crippen molar-refractivity contribution in [2.24, 2.45) is 0 Å². The van der Waals surface area contributed by atoms with Crippen LogP contribution in [0.15, 0.2) is 9.59 Å². The van der Waals surface area contributed by atoms with E-state index in [9.17, 15) is 35.9 Å². The molecule has 0 saturated carbocycles. The molecule has 21 heavy (non-hydrogen) atoms. The fourth-order valence-corrected chi connectivity index (χ4v) is 1.64. The highest BCUT2D eigenvalue weighted by atomic mass is 35.5. The fourth-order valence-electron chi connectivity index (χ4n) is 1.48. The summed E-state index contributed by atoms with van der Waals surface area (Å²) < 4.78 is 78.6. The Hall–Kier alpha value is -2.23. The third kappa shape index (κ3) is 2.11. The van der Waals surface area contributed by atoms with E-state index in [-0.39, 0.29) is 0 Å². The minimum atomic E-state index is -2.49. The second-order valence-corrected chi connectivity index (χ2v) is 4.00. The van der Waals surface area contributed by atoms with Gasteiger partial charge in [-0.3, -0.25) is 9.78 Å². The minimum Gasteiger partial charge on any atom is -0.295 e. The lowest BCUT2D eigenvalue weighted by molar-refractivity contribution is 0.373. The summed E-state index contributed by atoms with van der Waals surface area (Å²) in [6.45, 7) is 0. The van der Waals surface area contributed by atoms with Gasteiger partial charge in [0.1, 0.15) is 5.69 Å². The second-order valence-electron chi connectivity index (χ2n) is 3.62. The number of rotatable bonds is 1. The maximum absolute atomic E-state index is 13.5. The van der Waals surface area contributed by atoms with E-state index in [0.29, 0.717) is 0 Å². The van der Waals surface area contributed by atoms with Gasteiger partial charge < -0.3 is 0 Å². The van der Waals surface area contributed by atoms with Gasteiger partial charge in [0.2, 0.25) is 11.6 Å². The zero-order chi connectivity index (χ0) is 16.1. The Bertz CT molecular complexity index is 846. The van der Waals surface area contributed by atoms with Crippen molar-refractivity contribution in [3.63, 3.8) is 0 Å². The number of benzene rings is 1. The molecule has 0 spiro atoms. The van der Waals surface area contributed by atoms with Gasteiger partial charge in [-0.15, -0.1) is 0 Å². The predicted molar refractivity (Wildman–Crippen MR) is 57.4 cm³/mol. The molecule has 11 heteroatoms. The third-order valence-electron chi connectivity index (χ3n) is 2.41. The van der Waals surface area contributed by atoms with Gasteiger partial charge in [0.25, 0.3) is 5.56 Å². The zero-order valence-corrected chi connectivity index (χ0v) is 10.2.